The summed E-state index contributed by atoms with van der Waals surface area (Å²) in [6.07, 6.45) is 0. The summed E-state index contributed by atoms with van der Waals surface area (Å²) in [6.45, 7) is 0. The van der Waals surface area contributed by atoms with Gasteiger partial charge in [0, 0.05) is 18.2 Å². The van der Waals surface area contributed by atoms with Gasteiger partial charge in [0.15, 0.2) is 5.92 Å². The molecule has 0 fully saturated rings. The number of hydrogen-bond acceptors (Lipinski definition) is 13. The van der Waals surface area contributed by atoms with Gasteiger partial charge >= 0.3 is 45.2 Å². The average Bonchev–Trinajstić information content (AvgIpc) is 2.86. The fourth-order valence-electron chi connectivity index (χ4n) is 2.71. The van der Waals surface area contributed by atoms with Crippen molar-refractivity contribution < 1.29 is 74.5 Å². The molecule has 0 aromatic heterocycles. The largest absolute Gasteiger partial charge is 0.534 e. The van der Waals surface area contributed by atoms with Crippen LogP contribution in [0.2, 0.25) is 0 Å². The molecule has 0 bridgehead atoms. The van der Waals surface area contributed by atoms with Crippen LogP contribution in [-0.2, 0) is 29.2 Å². The van der Waals surface area contributed by atoms with Crippen molar-refractivity contribution in [3.63, 3.8) is 0 Å². The number of alkyl halides is 3. The Labute approximate surface area is 225 Å². The SMILES string of the molecule is COC(=O)c1ccc([N+](=O)[O-])c(C(C(=O)O)C(=O)O)c1.COC(=O)c1ccc([N+](=O)[O-])c(OS(=O)(=O)C(F)(F)F)c1. The Bertz CT molecular complexity index is 1490. The average molecular weight is 612 g/mol. The van der Waals surface area contributed by atoms with Gasteiger partial charge in [0.1, 0.15) is 0 Å². The molecule has 0 amide bonds. The molecule has 0 radical (unpaired) electrons. The summed E-state index contributed by atoms with van der Waals surface area (Å²) in [5.41, 5.74) is -8.74. The summed E-state index contributed by atoms with van der Waals surface area (Å²) in [5.74, 6) is -8.86. The van der Waals surface area contributed by atoms with Gasteiger partial charge in [-0.25, -0.2) is 9.59 Å². The highest BCUT2D eigenvalue weighted by Crippen LogP contribution is 2.34. The fourth-order valence-corrected chi connectivity index (χ4v) is 3.17. The fraction of sp³-hybridized carbons (Fsp3) is 0.200. The van der Waals surface area contributed by atoms with E-state index in [-0.39, 0.29) is 5.56 Å². The molecule has 21 heteroatoms. The van der Waals surface area contributed by atoms with Crippen LogP contribution in [-0.4, -0.2) is 72.1 Å². The topological polar surface area (TPSA) is 257 Å². The third-order valence-electron chi connectivity index (χ3n) is 4.51. The maximum atomic E-state index is 12.2. The lowest BCUT2D eigenvalue weighted by Crippen LogP contribution is -2.28. The number of nitro groups is 2. The number of hydrogen-bond donors (Lipinski definition) is 2. The van der Waals surface area contributed by atoms with Gasteiger partial charge in [-0.2, -0.15) is 21.6 Å². The van der Waals surface area contributed by atoms with Crippen LogP contribution in [0.15, 0.2) is 36.4 Å². The Morgan fingerprint density at radius 3 is 1.61 bits per heavy atom. The molecule has 0 saturated carbocycles. The van der Waals surface area contributed by atoms with Gasteiger partial charge in [-0.1, -0.05) is 0 Å². The first-order valence-electron chi connectivity index (χ1n) is 9.98. The maximum absolute atomic E-state index is 12.2. The van der Waals surface area contributed by atoms with Gasteiger partial charge in [-0.15, -0.1) is 0 Å². The predicted molar refractivity (Wildman–Crippen MR) is 122 cm³/mol. The molecule has 0 unspecified atom stereocenters. The lowest BCUT2D eigenvalue weighted by molar-refractivity contribution is -0.385. The first kappa shape index (κ1) is 33.7. The van der Waals surface area contributed by atoms with Crippen molar-refractivity contribution in [1.29, 1.82) is 0 Å². The summed E-state index contributed by atoms with van der Waals surface area (Å²) in [6, 6.07) is 4.70. The number of nitro benzene ring substituents is 2. The van der Waals surface area contributed by atoms with Gasteiger partial charge in [0.25, 0.3) is 5.69 Å². The number of methoxy groups -OCH3 is 2. The van der Waals surface area contributed by atoms with Crippen LogP contribution in [0, 0.1) is 20.2 Å². The molecule has 41 heavy (non-hydrogen) atoms. The maximum Gasteiger partial charge on any atom is 0.534 e. The molecule has 0 saturated heterocycles. The number of rotatable bonds is 9. The predicted octanol–water partition coefficient (Wildman–Crippen LogP) is 2.24. The minimum Gasteiger partial charge on any atom is -0.480 e. The quantitative estimate of drug-likeness (QED) is 0.103. The summed E-state index contributed by atoms with van der Waals surface area (Å²) in [7, 11) is -4.09. The zero-order valence-corrected chi connectivity index (χ0v) is 21.0. The van der Waals surface area contributed by atoms with Gasteiger partial charge in [-0.3, -0.25) is 29.8 Å². The molecular weight excluding hydrogens is 597 g/mol. The summed E-state index contributed by atoms with van der Waals surface area (Å²) in [5, 5.41) is 39.2. The van der Waals surface area contributed by atoms with E-state index in [4.69, 9.17) is 10.2 Å². The molecule has 0 aliphatic rings. The van der Waals surface area contributed by atoms with E-state index < -0.39 is 83.5 Å². The lowest BCUT2D eigenvalue weighted by atomic mass is 9.95. The molecule has 2 aromatic carbocycles. The number of carboxylic acid groups (broad SMARTS) is 2. The van der Waals surface area contributed by atoms with Gasteiger partial charge in [0.05, 0.1) is 40.8 Å². The number of benzene rings is 2. The Kier molecular flexibility index (Phi) is 10.8. The number of halogens is 3. The Morgan fingerprint density at radius 1 is 0.829 bits per heavy atom. The number of aliphatic carboxylic acids is 2. The molecule has 2 aromatic rings. The van der Waals surface area contributed by atoms with Gasteiger partial charge in [-0.05, 0) is 18.2 Å². The van der Waals surface area contributed by atoms with Gasteiger partial charge < -0.3 is 23.9 Å². The molecule has 2 rings (SSSR count). The Hall–Kier alpha value is -5.34. The molecule has 0 aliphatic heterocycles. The smallest absolute Gasteiger partial charge is 0.480 e. The first-order chi connectivity index (χ1) is 18.8. The van der Waals surface area contributed by atoms with E-state index in [1.54, 1.807) is 0 Å². The van der Waals surface area contributed by atoms with Crippen LogP contribution in [0.3, 0.4) is 0 Å². The standard InChI is InChI=1S/C11H9NO8.C9H6F3NO7S/c1-20-11(17)5-2-3-7(12(18)19)6(4-5)8(9(13)14)10(15)16;1-19-8(14)5-2-3-6(13(15)16)7(4-5)20-21(17,18)9(10,11)12/h2-4,8H,1H3,(H,13,14)(H,15,16);2-4H,1H3. The number of esters is 2. The highest BCUT2D eigenvalue weighted by Gasteiger charge is 2.49. The number of carbonyl (C=O) groups is 4. The number of carbonyl (C=O) groups excluding carboxylic acids is 2. The molecule has 222 valence electrons. The second-order valence-electron chi connectivity index (χ2n) is 7.05. The van der Waals surface area contributed by atoms with Gasteiger partial charge in [0.2, 0.25) is 5.75 Å². The Morgan fingerprint density at radius 2 is 1.24 bits per heavy atom. The van der Waals surface area contributed by atoms with Crippen LogP contribution < -0.4 is 4.18 Å². The minimum absolute atomic E-state index is 0.180. The van der Waals surface area contributed by atoms with Crippen LogP contribution in [0.25, 0.3) is 0 Å². The zero-order valence-electron chi connectivity index (χ0n) is 20.2. The van der Waals surface area contributed by atoms with E-state index in [1.165, 1.54) is 0 Å². The Balaban J connectivity index is 0.000000410. The van der Waals surface area contributed by atoms with Crippen molar-refractivity contribution >= 4 is 45.4 Å². The summed E-state index contributed by atoms with van der Waals surface area (Å²) in [4.78, 5) is 63.8. The van der Waals surface area contributed by atoms with Crippen molar-refractivity contribution in [2.24, 2.45) is 0 Å². The first-order valence-corrected chi connectivity index (χ1v) is 11.4. The van der Waals surface area contributed by atoms with Crippen molar-refractivity contribution in [3.8, 4) is 5.75 Å². The lowest BCUT2D eigenvalue weighted by Gasteiger charge is -2.10. The van der Waals surface area contributed by atoms with Crippen LogP contribution in [0.4, 0.5) is 24.5 Å². The van der Waals surface area contributed by atoms with E-state index in [9.17, 15) is 61.0 Å². The second kappa shape index (κ2) is 13.1. The normalized spacial score (nSPS) is 11.0. The minimum atomic E-state index is -6.11. The molecule has 0 spiro atoms. The number of ether oxygens (including phenoxy) is 2. The van der Waals surface area contributed by atoms with Crippen LogP contribution >= 0.6 is 0 Å². The molecule has 0 atom stereocenters. The molecule has 0 heterocycles. The van der Waals surface area contributed by atoms with Crippen molar-refractivity contribution in [2.75, 3.05) is 14.2 Å². The number of nitrogens with zero attached hydrogens (tertiary/aromatic N) is 2. The summed E-state index contributed by atoms with van der Waals surface area (Å²) >= 11 is 0. The van der Waals surface area contributed by atoms with E-state index >= 15 is 0 Å². The van der Waals surface area contributed by atoms with Crippen LogP contribution in [0.5, 0.6) is 5.75 Å². The summed E-state index contributed by atoms with van der Waals surface area (Å²) < 4.78 is 70.7. The monoisotopic (exact) mass is 612 g/mol. The van der Waals surface area contributed by atoms with E-state index in [1.807, 2.05) is 0 Å². The molecular formula is C20H15F3N2O15S. The highest BCUT2D eigenvalue weighted by atomic mass is 32.2. The molecule has 0 aliphatic carbocycles. The third-order valence-corrected chi connectivity index (χ3v) is 5.48. The van der Waals surface area contributed by atoms with Crippen molar-refractivity contribution in [3.05, 3.63) is 73.3 Å². The van der Waals surface area contributed by atoms with Crippen molar-refractivity contribution in [2.45, 2.75) is 11.4 Å². The highest BCUT2D eigenvalue weighted by molar-refractivity contribution is 7.88. The molecule has 17 nitrogen and oxygen atoms in total. The van der Waals surface area contributed by atoms with Crippen molar-refractivity contribution in [1.82, 2.24) is 0 Å². The number of carboxylic acids is 2. The van der Waals surface area contributed by atoms with E-state index in [0.717, 1.165) is 38.5 Å². The second-order valence-corrected chi connectivity index (χ2v) is 8.58. The van der Waals surface area contributed by atoms with E-state index in [2.05, 4.69) is 13.7 Å². The van der Waals surface area contributed by atoms with E-state index in [0.29, 0.717) is 12.1 Å². The van der Waals surface area contributed by atoms with Crippen LogP contribution in [0.1, 0.15) is 32.2 Å². The third kappa shape index (κ3) is 8.32. The zero-order chi connectivity index (χ0) is 31.9. The molecule has 2 N–H and O–H groups in total.